The highest BCUT2D eigenvalue weighted by Gasteiger charge is 2.15. The van der Waals surface area contributed by atoms with E-state index in [0.29, 0.717) is 17.9 Å². The van der Waals surface area contributed by atoms with E-state index < -0.39 is 12.6 Å². The Labute approximate surface area is 146 Å². The molecular weight excluding hydrogens is 322 g/mol. The number of hydrogen-bond acceptors (Lipinski definition) is 4. The minimum absolute atomic E-state index is 0.251. The number of hydrogen-bond donors (Lipinski definition) is 2. The van der Waals surface area contributed by atoms with E-state index >= 15 is 0 Å². The Bertz CT molecular complexity index is 744. The second kappa shape index (κ2) is 8.73. The van der Waals surface area contributed by atoms with E-state index in [2.05, 4.69) is 5.32 Å². The van der Waals surface area contributed by atoms with Crippen molar-refractivity contribution in [2.24, 2.45) is 0 Å². The Hall–Kier alpha value is -3.02. The Morgan fingerprint density at radius 1 is 1.12 bits per heavy atom. The van der Waals surface area contributed by atoms with Gasteiger partial charge in [-0.3, -0.25) is 4.79 Å². The zero-order chi connectivity index (χ0) is 18.2. The number of para-hydroxylation sites is 1. The summed E-state index contributed by atoms with van der Waals surface area (Å²) in [6, 6.07) is 13.7. The van der Waals surface area contributed by atoms with Crippen molar-refractivity contribution in [2.45, 2.75) is 19.9 Å². The molecule has 6 heteroatoms. The molecular formula is C19H21NO5. The molecule has 0 aromatic heterocycles. The van der Waals surface area contributed by atoms with Gasteiger partial charge in [-0.05, 0) is 38.1 Å². The highest BCUT2D eigenvalue weighted by Crippen LogP contribution is 2.25. The van der Waals surface area contributed by atoms with E-state index in [1.165, 1.54) is 6.07 Å². The van der Waals surface area contributed by atoms with Gasteiger partial charge in [-0.15, -0.1) is 0 Å². The van der Waals surface area contributed by atoms with Crippen LogP contribution in [0.5, 0.6) is 11.5 Å². The molecule has 0 bridgehead atoms. The molecule has 0 heterocycles. The quantitative estimate of drug-likeness (QED) is 0.769. The molecule has 2 rings (SSSR count). The van der Waals surface area contributed by atoms with Gasteiger partial charge in [-0.25, -0.2) is 4.79 Å². The van der Waals surface area contributed by atoms with Gasteiger partial charge in [0.05, 0.1) is 12.6 Å². The molecule has 25 heavy (non-hydrogen) atoms. The van der Waals surface area contributed by atoms with Gasteiger partial charge < -0.3 is 19.9 Å². The summed E-state index contributed by atoms with van der Waals surface area (Å²) in [5.74, 6) is -0.288. The first-order valence-corrected chi connectivity index (χ1v) is 7.98. The number of nitrogens with one attached hydrogen (secondary N) is 1. The second-order valence-corrected chi connectivity index (χ2v) is 5.38. The van der Waals surface area contributed by atoms with Crippen LogP contribution in [0.25, 0.3) is 0 Å². The molecule has 0 aliphatic rings. The monoisotopic (exact) mass is 343 g/mol. The molecule has 6 nitrogen and oxygen atoms in total. The molecule has 1 unspecified atom stereocenters. The molecule has 1 atom stereocenters. The summed E-state index contributed by atoms with van der Waals surface area (Å²) in [4.78, 5) is 23.0. The maximum atomic E-state index is 12.5. The van der Waals surface area contributed by atoms with E-state index in [1.807, 2.05) is 38.1 Å². The molecule has 0 fully saturated rings. The molecule has 0 aliphatic heterocycles. The van der Waals surface area contributed by atoms with Crippen molar-refractivity contribution in [1.82, 2.24) is 5.32 Å². The molecule has 0 saturated carbocycles. The van der Waals surface area contributed by atoms with Crippen molar-refractivity contribution in [3.63, 3.8) is 0 Å². The summed E-state index contributed by atoms with van der Waals surface area (Å²) < 4.78 is 10.7. The standard InChI is InChI=1S/C19H21NO5/c1-3-24-17-10-5-4-9-16(17)13(2)20-19(23)14-7-6-8-15(11-14)25-12-18(21)22/h4-11,13H,3,12H2,1-2H3,(H,20,23)(H,21,22). The van der Waals surface area contributed by atoms with Gasteiger partial charge in [0.1, 0.15) is 11.5 Å². The first kappa shape index (κ1) is 18.3. The molecule has 2 N–H and O–H groups in total. The first-order valence-electron chi connectivity index (χ1n) is 7.98. The average molecular weight is 343 g/mol. The lowest BCUT2D eigenvalue weighted by Gasteiger charge is -2.18. The topological polar surface area (TPSA) is 84.9 Å². The van der Waals surface area contributed by atoms with Crippen LogP contribution in [0.3, 0.4) is 0 Å². The van der Waals surface area contributed by atoms with E-state index in [0.717, 1.165) is 11.3 Å². The third-order valence-corrected chi connectivity index (χ3v) is 3.49. The van der Waals surface area contributed by atoms with Gasteiger partial charge in [0.15, 0.2) is 6.61 Å². The van der Waals surface area contributed by atoms with Crippen LogP contribution in [-0.4, -0.2) is 30.2 Å². The predicted octanol–water partition coefficient (Wildman–Crippen LogP) is 3.04. The molecule has 0 spiro atoms. The molecule has 1 amide bonds. The van der Waals surface area contributed by atoms with Crippen molar-refractivity contribution < 1.29 is 24.2 Å². The predicted molar refractivity (Wildman–Crippen MR) is 93.1 cm³/mol. The Morgan fingerprint density at radius 3 is 2.60 bits per heavy atom. The first-order chi connectivity index (χ1) is 12.0. The number of carboxylic acid groups (broad SMARTS) is 1. The fourth-order valence-corrected chi connectivity index (χ4v) is 2.36. The van der Waals surface area contributed by atoms with Crippen LogP contribution in [0.4, 0.5) is 0 Å². The van der Waals surface area contributed by atoms with Crippen molar-refractivity contribution >= 4 is 11.9 Å². The molecule has 0 saturated heterocycles. The number of benzene rings is 2. The number of carbonyl (C=O) groups excluding carboxylic acids is 1. The second-order valence-electron chi connectivity index (χ2n) is 5.38. The van der Waals surface area contributed by atoms with E-state index in [9.17, 15) is 9.59 Å². The number of aliphatic carboxylic acids is 1. The summed E-state index contributed by atoms with van der Waals surface area (Å²) in [6.07, 6.45) is 0. The number of carboxylic acids is 1. The smallest absolute Gasteiger partial charge is 0.341 e. The molecule has 132 valence electrons. The lowest BCUT2D eigenvalue weighted by Crippen LogP contribution is -2.27. The van der Waals surface area contributed by atoms with E-state index in [-0.39, 0.29) is 11.9 Å². The van der Waals surface area contributed by atoms with Gasteiger partial charge in [0.2, 0.25) is 0 Å². The number of amides is 1. The third-order valence-electron chi connectivity index (χ3n) is 3.49. The highest BCUT2D eigenvalue weighted by molar-refractivity contribution is 5.94. The number of rotatable bonds is 8. The fraction of sp³-hybridized carbons (Fsp3) is 0.263. The van der Waals surface area contributed by atoms with E-state index in [1.54, 1.807) is 18.2 Å². The van der Waals surface area contributed by atoms with Gasteiger partial charge in [-0.1, -0.05) is 24.3 Å². The van der Waals surface area contributed by atoms with Crippen LogP contribution in [0.15, 0.2) is 48.5 Å². The van der Waals surface area contributed by atoms with Crippen LogP contribution in [-0.2, 0) is 4.79 Å². The Balaban J connectivity index is 2.09. The minimum atomic E-state index is -1.07. The Kier molecular flexibility index (Phi) is 6.39. The van der Waals surface area contributed by atoms with Gasteiger partial charge >= 0.3 is 5.97 Å². The number of ether oxygens (including phenoxy) is 2. The van der Waals surface area contributed by atoms with Crippen molar-refractivity contribution in [2.75, 3.05) is 13.2 Å². The SMILES string of the molecule is CCOc1ccccc1C(C)NC(=O)c1cccc(OCC(=O)O)c1. The fourth-order valence-electron chi connectivity index (χ4n) is 2.36. The molecule has 2 aromatic carbocycles. The van der Waals surface area contributed by atoms with Gasteiger partial charge in [-0.2, -0.15) is 0 Å². The van der Waals surface area contributed by atoms with Crippen LogP contribution >= 0.6 is 0 Å². The van der Waals surface area contributed by atoms with Gasteiger partial charge in [0.25, 0.3) is 5.91 Å². The molecule has 2 aromatic rings. The molecule has 0 radical (unpaired) electrons. The van der Waals surface area contributed by atoms with E-state index in [4.69, 9.17) is 14.6 Å². The van der Waals surface area contributed by atoms with Crippen LogP contribution in [0.1, 0.15) is 35.8 Å². The maximum Gasteiger partial charge on any atom is 0.341 e. The number of carbonyl (C=O) groups is 2. The third kappa shape index (κ3) is 5.24. The highest BCUT2D eigenvalue weighted by atomic mass is 16.5. The largest absolute Gasteiger partial charge is 0.494 e. The lowest BCUT2D eigenvalue weighted by atomic mass is 10.1. The normalized spacial score (nSPS) is 11.4. The lowest BCUT2D eigenvalue weighted by molar-refractivity contribution is -0.139. The van der Waals surface area contributed by atoms with Crippen molar-refractivity contribution in [1.29, 1.82) is 0 Å². The summed E-state index contributed by atoms with van der Waals surface area (Å²) in [7, 11) is 0. The average Bonchev–Trinajstić information content (AvgIpc) is 2.61. The summed E-state index contributed by atoms with van der Waals surface area (Å²) in [5, 5.41) is 11.6. The zero-order valence-electron chi connectivity index (χ0n) is 14.2. The van der Waals surface area contributed by atoms with Crippen molar-refractivity contribution in [3.05, 3.63) is 59.7 Å². The minimum Gasteiger partial charge on any atom is -0.494 e. The molecule has 0 aliphatic carbocycles. The van der Waals surface area contributed by atoms with Gasteiger partial charge in [0, 0.05) is 11.1 Å². The summed E-state index contributed by atoms with van der Waals surface area (Å²) in [6.45, 7) is 3.87. The van der Waals surface area contributed by atoms with Crippen LogP contribution in [0.2, 0.25) is 0 Å². The Morgan fingerprint density at radius 2 is 1.88 bits per heavy atom. The maximum absolute atomic E-state index is 12.5. The van der Waals surface area contributed by atoms with Crippen molar-refractivity contribution in [3.8, 4) is 11.5 Å². The summed E-state index contributed by atoms with van der Waals surface area (Å²) >= 11 is 0. The van der Waals surface area contributed by atoms with Crippen LogP contribution in [0, 0.1) is 0 Å². The van der Waals surface area contributed by atoms with Crippen LogP contribution < -0.4 is 14.8 Å². The zero-order valence-corrected chi connectivity index (χ0v) is 14.2. The summed E-state index contributed by atoms with van der Waals surface area (Å²) in [5.41, 5.74) is 1.28.